The molecule has 1 saturated heterocycles. The van der Waals surface area contributed by atoms with Gasteiger partial charge in [0, 0.05) is 26.2 Å². The van der Waals surface area contributed by atoms with Crippen molar-refractivity contribution in [1.29, 1.82) is 0 Å². The van der Waals surface area contributed by atoms with Gasteiger partial charge in [0.15, 0.2) is 11.4 Å². The minimum absolute atomic E-state index is 0.121. The standard InChI is InChI=1S/C11H14N4O5/c1-20-11(19)15-4-2-14(3-5-15)9(16)7-8(10(17)18)13-6-12-7/h6H,2-5H2,1H3,(H,12,13)(H,17,18). The van der Waals surface area contributed by atoms with E-state index in [1.165, 1.54) is 23.2 Å². The van der Waals surface area contributed by atoms with Crippen molar-refractivity contribution in [1.82, 2.24) is 19.8 Å². The van der Waals surface area contributed by atoms with Crippen LogP contribution in [0, 0.1) is 0 Å². The van der Waals surface area contributed by atoms with E-state index in [0.717, 1.165) is 0 Å². The first-order valence-corrected chi connectivity index (χ1v) is 5.93. The summed E-state index contributed by atoms with van der Waals surface area (Å²) in [5.41, 5.74) is -0.352. The second-order valence-corrected chi connectivity index (χ2v) is 4.18. The number of nitrogens with zero attached hydrogens (tertiary/aromatic N) is 3. The van der Waals surface area contributed by atoms with Gasteiger partial charge in [-0.25, -0.2) is 14.6 Å². The molecular formula is C11H14N4O5. The Labute approximate surface area is 114 Å². The van der Waals surface area contributed by atoms with Crippen molar-refractivity contribution >= 4 is 18.0 Å². The zero-order chi connectivity index (χ0) is 14.7. The number of carboxylic acids is 1. The van der Waals surface area contributed by atoms with Gasteiger partial charge in [-0.05, 0) is 0 Å². The molecule has 1 aromatic rings. The molecule has 2 N–H and O–H groups in total. The Morgan fingerprint density at radius 3 is 2.40 bits per heavy atom. The molecule has 1 aliphatic rings. The van der Waals surface area contributed by atoms with Crippen molar-refractivity contribution in [2.75, 3.05) is 33.3 Å². The number of aromatic carboxylic acids is 1. The van der Waals surface area contributed by atoms with Gasteiger partial charge in [0.25, 0.3) is 5.91 Å². The molecule has 0 saturated carbocycles. The molecule has 2 amide bonds. The summed E-state index contributed by atoms with van der Waals surface area (Å²) >= 11 is 0. The van der Waals surface area contributed by atoms with Crippen LogP contribution in [0.1, 0.15) is 21.0 Å². The number of carboxylic acid groups (broad SMARTS) is 1. The molecule has 1 fully saturated rings. The van der Waals surface area contributed by atoms with Crippen molar-refractivity contribution < 1.29 is 24.2 Å². The van der Waals surface area contributed by atoms with Crippen molar-refractivity contribution in [3.63, 3.8) is 0 Å². The Morgan fingerprint density at radius 1 is 1.25 bits per heavy atom. The fourth-order valence-corrected chi connectivity index (χ4v) is 1.99. The first kappa shape index (κ1) is 13.8. The molecule has 20 heavy (non-hydrogen) atoms. The van der Waals surface area contributed by atoms with Crippen LogP contribution in [0.2, 0.25) is 0 Å². The van der Waals surface area contributed by atoms with Crippen molar-refractivity contribution in [2.24, 2.45) is 0 Å². The normalized spacial score (nSPS) is 15.1. The number of hydrogen-bond donors (Lipinski definition) is 2. The molecule has 2 rings (SSSR count). The van der Waals surface area contributed by atoms with E-state index in [2.05, 4.69) is 14.7 Å². The highest BCUT2D eigenvalue weighted by atomic mass is 16.5. The summed E-state index contributed by atoms with van der Waals surface area (Å²) in [5, 5.41) is 8.94. The Bertz CT molecular complexity index is 533. The quantitative estimate of drug-likeness (QED) is 0.764. The van der Waals surface area contributed by atoms with E-state index in [0.29, 0.717) is 26.2 Å². The van der Waals surface area contributed by atoms with Crippen LogP contribution in [0.3, 0.4) is 0 Å². The number of imidazole rings is 1. The monoisotopic (exact) mass is 282 g/mol. The number of carbonyl (C=O) groups is 3. The fourth-order valence-electron chi connectivity index (χ4n) is 1.99. The second kappa shape index (κ2) is 5.59. The molecule has 0 unspecified atom stereocenters. The molecular weight excluding hydrogens is 268 g/mol. The summed E-state index contributed by atoms with van der Waals surface area (Å²) in [5.74, 6) is -1.70. The van der Waals surface area contributed by atoms with Crippen LogP contribution in [0.15, 0.2) is 6.33 Å². The lowest BCUT2D eigenvalue weighted by atomic mass is 10.2. The highest BCUT2D eigenvalue weighted by Gasteiger charge is 2.29. The van der Waals surface area contributed by atoms with E-state index in [1.807, 2.05) is 0 Å². The van der Waals surface area contributed by atoms with Gasteiger partial charge in [-0.3, -0.25) is 4.79 Å². The number of carbonyl (C=O) groups excluding carboxylic acids is 2. The molecule has 0 spiro atoms. The molecule has 9 heteroatoms. The number of amides is 2. The Balaban J connectivity index is 2.03. The summed E-state index contributed by atoms with van der Waals surface area (Å²) in [6.45, 7) is 1.29. The van der Waals surface area contributed by atoms with Crippen molar-refractivity contribution in [3.8, 4) is 0 Å². The van der Waals surface area contributed by atoms with E-state index in [-0.39, 0.29) is 11.4 Å². The van der Waals surface area contributed by atoms with Gasteiger partial charge in [0.05, 0.1) is 13.4 Å². The van der Waals surface area contributed by atoms with Crippen LogP contribution in [0.4, 0.5) is 4.79 Å². The molecule has 1 aromatic heterocycles. The topological polar surface area (TPSA) is 116 Å². The fraction of sp³-hybridized carbons (Fsp3) is 0.455. The van der Waals surface area contributed by atoms with E-state index < -0.39 is 18.0 Å². The van der Waals surface area contributed by atoms with E-state index in [9.17, 15) is 14.4 Å². The molecule has 0 aromatic carbocycles. The third kappa shape index (κ3) is 2.56. The largest absolute Gasteiger partial charge is 0.477 e. The number of H-pyrrole nitrogens is 1. The van der Waals surface area contributed by atoms with E-state index in [1.54, 1.807) is 0 Å². The highest BCUT2D eigenvalue weighted by Crippen LogP contribution is 2.10. The highest BCUT2D eigenvalue weighted by molar-refractivity contribution is 6.02. The van der Waals surface area contributed by atoms with Gasteiger partial charge in [0.2, 0.25) is 0 Å². The third-order valence-electron chi connectivity index (χ3n) is 3.06. The lowest BCUT2D eigenvalue weighted by molar-refractivity contribution is 0.0583. The second-order valence-electron chi connectivity index (χ2n) is 4.18. The van der Waals surface area contributed by atoms with Crippen LogP contribution in [-0.4, -0.2) is 76.1 Å². The van der Waals surface area contributed by atoms with Crippen molar-refractivity contribution in [3.05, 3.63) is 17.7 Å². The van der Waals surface area contributed by atoms with Crippen LogP contribution in [-0.2, 0) is 4.74 Å². The molecule has 0 aliphatic carbocycles. The number of piperazine rings is 1. The molecule has 108 valence electrons. The minimum atomic E-state index is -1.24. The van der Waals surface area contributed by atoms with Crippen LogP contribution in [0.5, 0.6) is 0 Å². The number of nitrogens with one attached hydrogen (secondary N) is 1. The SMILES string of the molecule is COC(=O)N1CCN(C(=O)c2nc[nH]c2C(=O)O)CC1. The van der Waals surface area contributed by atoms with Crippen molar-refractivity contribution in [2.45, 2.75) is 0 Å². The summed E-state index contributed by atoms with van der Waals surface area (Å²) in [6.07, 6.45) is 0.726. The van der Waals surface area contributed by atoms with Crippen LogP contribution >= 0.6 is 0 Å². The maximum Gasteiger partial charge on any atom is 0.409 e. The number of ether oxygens (including phenoxy) is 1. The minimum Gasteiger partial charge on any atom is -0.477 e. The van der Waals surface area contributed by atoms with Gasteiger partial charge < -0.3 is 24.6 Å². The number of aromatic amines is 1. The lowest BCUT2D eigenvalue weighted by Crippen LogP contribution is -2.50. The maximum absolute atomic E-state index is 12.2. The van der Waals surface area contributed by atoms with Gasteiger partial charge in [-0.15, -0.1) is 0 Å². The Hall–Kier alpha value is -2.58. The lowest BCUT2D eigenvalue weighted by Gasteiger charge is -2.33. The zero-order valence-corrected chi connectivity index (χ0v) is 10.8. The first-order valence-electron chi connectivity index (χ1n) is 5.93. The summed E-state index contributed by atoms with van der Waals surface area (Å²) < 4.78 is 4.60. The predicted octanol–water partition coefficient (Wildman–Crippen LogP) is -0.368. The smallest absolute Gasteiger partial charge is 0.409 e. The predicted molar refractivity (Wildman–Crippen MR) is 65.4 cm³/mol. The Morgan fingerprint density at radius 2 is 1.85 bits per heavy atom. The maximum atomic E-state index is 12.2. The number of methoxy groups -OCH3 is 1. The van der Waals surface area contributed by atoms with Gasteiger partial charge in [-0.1, -0.05) is 0 Å². The number of aromatic nitrogens is 2. The molecule has 1 aliphatic heterocycles. The average molecular weight is 282 g/mol. The van der Waals surface area contributed by atoms with Crippen LogP contribution in [0.25, 0.3) is 0 Å². The number of hydrogen-bond acceptors (Lipinski definition) is 5. The summed E-state index contributed by atoms with van der Waals surface area (Å²) in [7, 11) is 1.29. The van der Waals surface area contributed by atoms with Gasteiger partial charge in [0.1, 0.15) is 0 Å². The summed E-state index contributed by atoms with van der Waals surface area (Å²) in [4.78, 5) is 43.5. The molecule has 0 bridgehead atoms. The first-order chi connectivity index (χ1) is 9.54. The van der Waals surface area contributed by atoms with Gasteiger partial charge in [-0.2, -0.15) is 0 Å². The Kier molecular flexibility index (Phi) is 3.87. The average Bonchev–Trinajstić information content (AvgIpc) is 2.95. The zero-order valence-electron chi connectivity index (χ0n) is 10.8. The molecule has 0 atom stereocenters. The van der Waals surface area contributed by atoms with Gasteiger partial charge >= 0.3 is 12.1 Å². The van der Waals surface area contributed by atoms with E-state index in [4.69, 9.17) is 5.11 Å². The molecule has 0 radical (unpaired) electrons. The van der Waals surface area contributed by atoms with E-state index >= 15 is 0 Å². The third-order valence-corrected chi connectivity index (χ3v) is 3.06. The van der Waals surface area contributed by atoms with Crippen LogP contribution < -0.4 is 0 Å². The number of rotatable bonds is 2. The molecule has 2 heterocycles. The molecule has 9 nitrogen and oxygen atoms in total. The summed E-state index contributed by atoms with van der Waals surface area (Å²) in [6, 6.07) is 0.